The van der Waals surface area contributed by atoms with E-state index in [0.29, 0.717) is 27.8 Å². The number of anilines is 2. The first kappa shape index (κ1) is 21.7. The van der Waals surface area contributed by atoms with Crippen LogP contribution in [0.4, 0.5) is 19.6 Å². The van der Waals surface area contributed by atoms with Gasteiger partial charge in [-0.05, 0) is 24.3 Å². The Morgan fingerprint density at radius 2 is 1.91 bits per heavy atom. The fourth-order valence-corrected chi connectivity index (χ4v) is 4.22. The molecule has 0 aliphatic carbocycles. The molecule has 0 bridgehead atoms. The number of carbonyl (C=O) groups excluding carboxylic acids is 2. The minimum atomic E-state index is -2.96. The molecule has 3 aromatic rings. The summed E-state index contributed by atoms with van der Waals surface area (Å²) in [4.78, 5) is 31.2. The van der Waals surface area contributed by atoms with E-state index in [0.717, 1.165) is 11.3 Å². The number of aromatic nitrogens is 1. The SMILES string of the molecule is COc1ccccc1N1CC(C(=O)Nc2nc(-c3ccccc3OC(F)F)cs2)CC1=O. The second kappa shape index (κ2) is 9.31. The summed E-state index contributed by atoms with van der Waals surface area (Å²) >= 11 is 1.16. The van der Waals surface area contributed by atoms with Crippen LogP contribution in [0, 0.1) is 5.92 Å². The van der Waals surface area contributed by atoms with E-state index in [-0.39, 0.29) is 30.5 Å². The second-order valence-corrected chi connectivity index (χ2v) is 7.84. The first-order valence-electron chi connectivity index (χ1n) is 9.70. The van der Waals surface area contributed by atoms with Gasteiger partial charge in [-0.1, -0.05) is 24.3 Å². The number of para-hydroxylation sites is 3. The highest BCUT2D eigenvalue weighted by Crippen LogP contribution is 2.35. The minimum absolute atomic E-state index is 0.000448. The third kappa shape index (κ3) is 4.54. The molecule has 1 aliphatic rings. The monoisotopic (exact) mass is 459 g/mol. The van der Waals surface area contributed by atoms with Crippen LogP contribution in [-0.4, -0.2) is 37.1 Å². The van der Waals surface area contributed by atoms with Crippen molar-refractivity contribution in [3.63, 3.8) is 0 Å². The van der Waals surface area contributed by atoms with Crippen molar-refractivity contribution < 1.29 is 27.8 Å². The van der Waals surface area contributed by atoms with Crippen LogP contribution < -0.4 is 19.7 Å². The average molecular weight is 459 g/mol. The second-order valence-electron chi connectivity index (χ2n) is 6.98. The predicted octanol–water partition coefficient (Wildman–Crippen LogP) is 4.41. The molecular formula is C22H19F2N3O4S. The van der Waals surface area contributed by atoms with Gasteiger partial charge in [0.25, 0.3) is 0 Å². The van der Waals surface area contributed by atoms with Crippen LogP contribution in [0.5, 0.6) is 11.5 Å². The van der Waals surface area contributed by atoms with Crippen LogP contribution in [0.15, 0.2) is 53.9 Å². The van der Waals surface area contributed by atoms with Crippen LogP contribution in [-0.2, 0) is 9.59 Å². The molecule has 10 heteroatoms. The minimum Gasteiger partial charge on any atom is -0.495 e. The number of benzene rings is 2. The Balaban J connectivity index is 1.46. The number of rotatable bonds is 7. The highest BCUT2D eigenvalue weighted by atomic mass is 32.1. The molecule has 1 saturated heterocycles. The van der Waals surface area contributed by atoms with Crippen molar-refractivity contribution in [1.82, 2.24) is 4.98 Å². The van der Waals surface area contributed by atoms with E-state index in [4.69, 9.17) is 4.74 Å². The summed E-state index contributed by atoms with van der Waals surface area (Å²) in [5, 5.41) is 4.67. The lowest BCUT2D eigenvalue weighted by Gasteiger charge is -2.19. The van der Waals surface area contributed by atoms with Crippen molar-refractivity contribution in [3.8, 4) is 22.8 Å². The zero-order chi connectivity index (χ0) is 22.7. The number of nitrogens with zero attached hydrogens (tertiary/aromatic N) is 2. The maximum atomic E-state index is 12.8. The molecule has 1 aromatic heterocycles. The lowest BCUT2D eigenvalue weighted by molar-refractivity contribution is -0.122. The van der Waals surface area contributed by atoms with E-state index in [1.54, 1.807) is 47.8 Å². The van der Waals surface area contributed by atoms with Crippen LogP contribution in [0.2, 0.25) is 0 Å². The Morgan fingerprint density at radius 3 is 2.66 bits per heavy atom. The van der Waals surface area contributed by atoms with E-state index in [1.807, 2.05) is 0 Å². The van der Waals surface area contributed by atoms with E-state index in [1.165, 1.54) is 18.1 Å². The third-order valence-corrected chi connectivity index (χ3v) is 5.74. The summed E-state index contributed by atoms with van der Waals surface area (Å²) in [6.07, 6.45) is 0.0627. The first-order valence-corrected chi connectivity index (χ1v) is 10.6. The molecule has 2 heterocycles. The van der Waals surface area contributed by atoms with E-state index in [2.05, 4.69) is 15.0 Å². The number of hydrogen-bond acceptors (Lipinski definition) is 6. The van der Waals surface area contributed by atoms with Gasteiger partial charge in [-0.15, -0.1) is 11.3 Å². The van der Waals surface area contributed by atoms with Gasteiger partial charge in [-0.3, -0.25) is 9.59 Å². The van der Waals surface area contributed by atoms with Gasteiger partial charge in [0.1, 0.15) is 11.5 Å². The highest BCUT2D eigenvalue weighted by molar-refractivity contribution is 7.14. The van der Waals surface area contributed by atoms with Crippen molar-refractivity contribution in [2.75, 3.05) is 23.9 Å². The van der Waals surface area contributed by atoms with Crippen LogP contribution >= 0.6 is 11.3 Å². The van der Waals surface area contributed by atoms with Crippen LogP contribution in [0.1, 0.15) is 6.42 Å². The van der Waals surface area contributed by atoms with Gasteiger partial charge in [-0.2, -0.15) is 8.78 Å². The number of amides is 2. The largest absolute Gasteiger partial charge is 0.495 e. The number of ether oxygens (including phenoxy) is 2. The standard InChI is InChI=1S/C22H19F2N3O4S/c1-30-18-9-5-3-7-16(18)27-11-13(10-19(27)28)20(29)26-22-25-15(12-32-22)14-6-2-4-8-17(14)31-21(23)24/h2-9,12-13,21H,10-11H2,1H3,(H,25,26,29). The molecule has 0 spiro atoms. The molecule has 1 atom stereocenters. The molecule has 32 heavy (non-hydrogen) atoms. The number of nitrogens with one attached hydrogen (secondary N) is 1. The Hall–Kier alpha value is -3.53. The fraction of sp³-hybridized carbons (Fsp3) is 0.227. The molecule has 0 radical (unpaired) electrons. The molecule has 1 N–H and O–H groups in total. The quantitative estimate of drug-likeness (QED) is 0.566. The van der Waals surface area contributed by atoms with Gasteiger partial charge < -0.3 is 19.7 Å². The lowest BCUT2D eigenvalue weighted by Crippen LogP contribution is -2.28. The molecule has 1 fully saturated rings. The Kier molecular flexibility index (Phi) is 6.31. The normalized spacial score (nSPS) is 15.8. The zero-order valence-electron chi connectivity index (χ0n) is 17.0. The van der Waals surface area contributed by atoms with Gasteiger partial charge in [0, 0.05) is 23.9 Å². The van der Waals surface area contributed by atoms with E-state index < -0.39 is 12.5 Å². The van der Waals surface area contributed by atoms with Crippen molar-refractivity contribution in [2.45, 2.75) is 13.0 Å². The molecule has 166 valence electrons. The van der Waals surface area contributed by atoms with Gasteiger partial charge in [0.2, 0.25) is 11.8 Å². The molecule has 4 rings (SSSR count). The van der Waals surface area contributed by atoms with Crippen molar-refractivity contribution in [2.24, 2.45) is 5.92 Å². The van der Waals surface area contributed by atoms with Gasteiger partial charge >= 0.3 is 6.61 Å². The van der Waals surface area contributed by atoms with E-state index >= 15 is 0 Å². The Bertz CT molecular complexity index is 1140. The summed E-state index contributed by atoms with van der Waals surface area (Å²) in [7, 11) is 1.52. The number of halogens is 2. The Morgan fingerprint density at radius 1 is 1.19 bits per heavy atom. The van der Waals surface area contributed by atoms with Gasteiger partial charge in [0.05, 0.1) is 24.4 Å². The number of alkyl halides is 2. The number of methoxy groups -OCH3 is 1. The summed E-state index contributed by atoms with van der Waals surface area (Å²) in [6, 6.07) is 13.4. The Labute approximate surface area is 186 Å². The third-order valence-electron chi connectivity index (χ3n) is 4.99. The molecule has 2 amide bonds. The number of hydrogen-bond donors (Lipinski definition) is 1. The smallest absolute Gasteiger partial charge is 0.387 e. The van der Waals surface area contributed by atoms with Crippen molar-refractivity contribution in [3.05, 3.63) is 53.9 Å². The molecular weight excluding hydrogens is 440 g/mol. The van der Waals surface area contributed by atoms with Crippen LogP contribution in [0.3, 0.4) is 0 Å². The number of carbonyl (C=O) groups is 2. The first-order chi connectivity index (χ1) is 15.5. The summed E-state index contributed by atoms with van der Waals surface area (Å²) in [5.41, 5.74) is 1.41. The predicted molar refractivity (Wildman–Crippen MR) is 116 cm³/mol. The topological polar surface area (TPSA) is 80.8 Å². The summed E-state index contributed by atoms with van der Waals surface area (Å²) in [5.74, 6) is -0.522. The molecule has 1 aliphatic heterocycles. The van der Waals surface area contributed by atoms with Crippen LogP contribution in [0.25, 0.3) is 11.3 Å². The molecule has 7 nitrogen and oxygen atoms in total. The molecule has 0 saturated carbocycles. The van der Waals surface area contributed by atoms with Crippen molar-refractivity contribution >= 4 is 34.0 Å². The van der Waals surface area contributed by atoms with Gasteiger partial charge in [0.15, 0.2) is 5.13 Å². The van der Waals surface area contributed by atoms with Gasteiger partial charge in [-0.25, -0.2) is 4.98 Å². The maximum absolute atomic E-state index is 12.8. The lowest BCUT2D eigenvalue weighted by atomic mass is 10.1. The summed E-state index contributed by atoms with van der Waals surface area (Å²) in [6.45, 7) is -2.74. The zero-order valence-corrected chi connectivity index (χ0v) is 17.8. The highest BCUT2D eigenvalue weighted by Gasteiger charge is 2.36. The number of thiazole rings is 1. The fourth-order valence-electron chi connectivity index (χ4n) is 3.51. The van der Waals surface area contributed by atoms with E-state index in [9.17, 15) is 18.4 Å². The molecule has 2 aromatic carbocycles. The molecule has 1 unspecified atom stereocenters. The van der Waals surface area contributed by atoms with Crippen molar-refractivity contribution in [1.29, 1.82) is 0 Å². The average Bonchev–Trinajstić information content (AvgIpc) is 3.40. The maximum Gasteiger partial charge on any atom is 0.387 e. The summed E-state index contributed by atoms with van der Waals surface area (Å²) < 4.78 is 35.2.